The maximum Gasteiger partial charge on any atom is 0.0971 e. The molecule has 0 spiro atoms. The van der Waals surface area contributed by atoms with E-state index in [-0.39, 0.29) is 0 Å². The molecule has 0 saturated carbocycles. The van der Waals surface area contributed by atoms with Gasteiger partial charge in [-0.3, -0.25) is 4.68 Å². The molecule has 104 valence electrons. The number of aryl methyl sites for hydroxylation is 1. The maximum absolute atomic E-state index is 10.2. The molecule has 1 atom stereocenters. The lowest BCUT2D eigenvalue weighted by atomic mass is 10.1. The molecule has 0 fully saturated rings. The van der Waals surface area contributed by atoms with Gasteiger partial charge < -0.3 is 5.11 Å². The van der Waals surface area contributed by atoms with Gasteiger partial charge in [0.2, 0.25) is 0 Å². The van der Waals surface area contributed by atoms with Crippen LogP contribution in [0.15, 0.2) is 6.20 Å². The second-order valence-electron chi connectivity index (χ2n) is 4.77. The first-order valence-corrected chi connectivity index (χ1v) is 7.47. The van der Waals surface area contributed by atoms with Crippen LogP contribution < -0.4 is 0 Å². The van der Waals surface area contributed by atoms with E-state index in [0.717, 1.165) is 25.1 Å². The van der Waals surface area contributed by atoms with Crippen LogP contribution >= 0.6 is 11.6 Å². The molecule has 0 aliphatic carbocycles. The van der Waals surface area contributed by atoms with Crippen molar-refractivity contribution in [2.24, 2.45) is 0 Å². The first kappa shape index (κ1) is 15.5. The van der Waals surface area contributed by atoms with Crippen LogP contribution in [0.5, 0.6) is 0 Å². The van der Waals surface area contributed by atoms with E-state index in [1.54, 1.807) is 10.9 Å². The van der Waals surface area contributed by atoms with Crippen LogP contribution in [-0.2, 0) is 6.54 Å². The second-order valence-corrected chi connectivity index (χ2v) is 5.17. The summed E-state index contributed by atoms with van der Waals surface area (Å²) < 4.78 is 1.78. The summed E-state index contributed by atoms with van der Waals surface area (Å²) >= 11 is 6.06. The van der Waals surface area contributed by atoms with Crippen LogP contribution in [0.2, 0.25) is 5.02 Å². The smallest absolute Gasteiger partial charge is 0.0971 e. The molecule has 0 saturated heterocycles. The Labute approximate surface area is 115 Å². The molecular formula is C14H25ClN2O. The zero-order chi connectivity index (χ0) is 13.4. The third kappa shape index (κ3) is 4.62. The Morgan fingerprint density at radius 3 is 2.56 bits per heavy atom. The molecule has 0 aliphatic rings. The average Bonchev–Trinajstić information content (AvgIpc) is 2.74. The summed E-state index contributed by atoms with van der Waals surface area (Å²) in [6, 6.07) is 0. The molecule has 0 bridgehead atoms. The van der Waals surface area contributed by atoms with Gasteiger partial charge in [-0.1, -0.05) is 57.0 Å². The first-order chi connectivity index (χ1) is 8.70. The predicted octanol–water partition coefficient (Wildman–Crippen LogP) is 4.34. The Hall–Kier alpha value is -0.540. The Balaban J connectivity index is 2.31. The highest BCUT2D eigenvalue weighted by Gasteiger charge is 2.16. The quantitative estimate of drug-likeness (QED) is 0.679. The Morgan fingerprint density at radius 2 is 1.89 bits per heavy atom. The zero-order valence-electron chi connectivity index (χ0n) is 11.5. The first-order valence-electron chi connectivity index (χ1n) is 7.10. The van der Waals surface area contributed by atoms with Crippen molar-refractivity contribution < 1.29 is 5.11 Å². The number of halogens is 1. The second kappa shape index (κ2) is 8.54. The Bertz CT molecular complexity index is 339. The summed E-state index contributed by atoms with van der Waals surface area (Å²) in [6.45, 7) is 4.97. The molecule has 1 unspecified atom stereocenters. The Kier molecular flexibility index (Phi) is 7.36. The zero-order valence-corrected chi connectivity index (χ0v) is 12.3. The van der Waals surface area contributed by atoms with E-state index < -0.39 is 6.10 Å². The molecule has 0 aliphatic heterocycles. The fourth-order valence-electron chi connectivity index (χ4n) is 2.21. The van der Waals surface area contributed by atoms with Gasteiger partial charge in [-0.15, -0.1) is 0 Å². The van der Waals surface area contributed by atoms with E-state index in [1.807, 2.05) is 6.92 Å². The lowest BCUT2D eigenvalue weighted by Crippen LogP contribution is -2.08. The molecule has 1 rings (SSSR count). The highest BCUT2D eigenvalue weighted by Crippen LogP contribution is 2.26. The van der Waals surface area contributed by atoms with E-state index in [0.29, 0.717) is 5.02 Å². The van der Waals surface area contributed by atoms with Gasteiger partial charge in [-0.05, 0) is 13.3 Å². The maximum atomic E-state index is 10.2. The minimum atomic E-state index is -0.480. The lowest BCUT2D eigenvalue weighted by Gasteiger charge is -2.13. The Morgan fingerprint density at radius 1 is 1.22 bits per heavy atom. The predicted molar refractivity (Wildman–Crippen MR) is 75.9 cm³/mol. The normalized spacial score (nSPS) is 12.9. The van der Waals surface area contributed by atoms with Crippen molar-refractivity contribution in [1.82, 2.24) is 9.78 Å². The van der Waals surface area contributed by atoms with Crippen molar-refractivity contribution in [2.45, 2.75) is 71.4 Å². The van der Waals surface area contributed by atoms with E-state index in [9.17, 15) is 5.11 Å². The number of hydrogen-bond acceptors (Lipinski definition) is 2. The highest BCUT2D eigenvalue weighted by atomic mass is 35.5. The SMILES string of the molecule is CCCCCCCCC(O)c1c(Cl)cnn1CC. The minimum absolute atomic E-state index is 0.480. The van der Waals surface area contributed by atoms with Crippen molar-refractivity contribution in [3.05, 3.63) is 16.9 Å². The molecule has 3 nitrogen and oxygen atoms in total. The van der Waals surface area contributed by atoms with Gasteiger partial charge in [0.05, 0.1) is 23.0 Å². The standard InChI is InChI=1S/C14H25ClN2O/c1-3-5-6-7-8-9-10-13(18)14-12(15)11-16-17(14)4-2/h11,13,18H,3-10H2,1-2H3. The summed E-state index contributed by atoms with van der Waals surface area (Å²) in [4.78, 5) is 0. The molecule has 1 N–H and O–H groups in total. The van der Waals surface area contributed by atoms with Crippen LogP contribution in [0.25, 0.3) is 0 Å². The number of unbranched alkanes of at least 4 members (excludes halogenated alkanes) is 5. The molecule has 1 aromatic heterocycles. The third-order valence-corrected chi connectivity index (χ3v) is 3.57. The van der Waals surface area contributed by atoms with Crippen molar-refractivity contribution in [2.75, 3.05) is 0 Å². The summed E-state index contributed by atoms with van der Waals surface area (Å²) in [7, 11) is 0. The van der Waals surface area contributed by atoms with Gasteiger partial charge >= 0.3 is 0 Å². The fourth-order valence-corrected chi connectivity index (χ4v) is 2.48. The van der Waals surface area contributed by atoms with Crippen molar-refractivity contribution in [3.8, 4) is 0 Å². The fraction of sp³-hybridized carbons (Fsp3) is 0.786. The highest BCUT2D eigenvalue weighted by molar-refractivity contribution is 6.31. The van der Waals surface area contributed by atoms with Crippen molar-refractivity contribution in [3.63, 3.8) is 0 Å². The number of aromatic nitrogens is 2. The number of rotatable bonds is 9. The van der Waals surface area contributed by atoms with Gasteiger partial charge in [-0.25, -0.2) is 0 Å². The summed E-state index contributed by atoms with van der Waals surface area (Å²) in [5, 5.41) is 14.9. The molecule has 18 heavy (non-hydrogen) atoms. The lowest BCUT2D eigenvalue weighted by molar-refractivity contribution is 0.152. The third-order valence-electron chi connectivity index (χ3n) is 3.28. The van der Waals surface area contributed by atoms with Gasteiger partial charge in [0, 0.05) is 6.54 Å². The van der Waals surface area contributed by atoms with Gasteiger partial charge in [0.15, 0.2) is 0 Å². The topological polar surface area (TPSA) is 38.1 Å². The van der Waals surface area contributed by atoms with Crippen molar-refractivity contribution >= 4 is 11.6 Å². The summed E-state index contributed by atoms with van der Waals surface area (Å²) in [5.41, 5.74) is 0.771. The molecule has 0 amide bonds. The molecule has 0 aromatic carbocycles. The molecule has 0 radical (unpaired) electrons. The summed E-state index contributed by atoms with van der Waals surface area (Å²) in [5.74, 6) is 0. The summed E-state index contributed by atoms with van der Waals surface area (Å²) in [6.07, 6.45) is 9.31. The average molecular weight is 273 g/mol. The number of hydrogen-bond donors (Lipinski definition) is 1. The van der Waals surface area contributed by atoms with Crippen LogP contribution in [-0.4, -0.2) is 14.9 Å². The van der Waals surface area contributed by atoms with Crippen molar-refractivity contribution in [1.29, 1.82) is 0 Å². The van der Waals surface area contributed by atoms with Crippen LogP contribution in [0.3, 0.4) is 0 Å². The minimum Gasteiger partial charge on any atom is -0.387 e. The van der Waals surface area contributed by atoms with Crippen LogP contribution in [0, 0.1) is 0 Å². The monoisotopic (exact) mass is 272 g/mol. The number of aliphatic hydroxyl groups excluding tert-OH is 1. The molecule has 1 aromatic rings. The van der Waals surface area contributed by atoms with E-state index in [4.69, 9.17) is 11.6 Å². The number of nitrogens with zero attached hydrogens (tertiary/aromatic N) is 2. The number of aliphatic hydroxyl groups is 1. The van der Waals surface area contributed by atoms with Crippen LogP contribution in [0.4, 0.5) is 0 Å². The van der Waals surface area contributed by atoms with Gasteiger partial charge in [0.25, 0.3) is 0 Å². The van der Waals surface area contributed by atoms with Crippen LogP contribution in [0.1, 0.15) is 70.6 Å². The van der Waals surface area contributed by atoms with Gasteiger partial charge in [0.1, 0.15) is 0 Å². The molecule has 4 heteroatoms. The molecular weight excluding hydrogens is 248 g/mol. The van der Waals surface area contributed by atoms with E-state index in [2.05, 4.69) is 12.0 Å². The van der Waals surface area contributed by atoms with E-state index >= 15 is 0 Å². The van der Waals surface area contributed by atoms with E-state index in [1.165, 1.54) is 32.1 Å². The molecule has 1 heterocycles. The largest absolute Gasteiger partial charge is 0.387 e. The van der Waals surface area contributed by atoms with Gasteiger partial charge in [-0.2, -0.15) is 5.10 Å².